The number of rotatable bonds is 6. The van der Waals surface area contributed by atoms with Crippen LogP contribution in [0.1, 0.15) is 72.1 Å². The van der Waals surface area contributed by atoms with Crippen LogP contribution in [0.4, 0.5) is 18.9 Å². The number of aliphatic imine (C=N–C) groups is 2. The molecule has 0 radical (unpaired) electrons. The number of fused-ring (bicyclic) bond motifs is 1. The fraction of sp³-hybridized carbons (Fsp3) is 0.515. The molecule has 5 rings (SSSR count). The Morgan fingerprint density at radius 2 is 1.70 bits per heavy atom. The summed E-state index contributed by atoms with van der Waals surface area (Å²) in [7, 11) is 0. The number of alkyl halides is 3. The van der Waals surface area contributed by atoms with Gasteiger partial charge in [-0.25, -0.2) is 4.99 Å². The van der Waals surface area contributed by atoms with E-state index in [4.69, 9.17) is 5.73 Å². The molecule has 2 aromatic heterocycles. The standard InChI is InChI=1S/C24H27F3N6.C9H19N/c1-15(16-8-9-32(13-16)23(2,3)4)29-11-17-12-30-22(31-17)21-10-18-19(28)6-5-7-20(18)33(21)14-24(25,26)27;1-9(2,3)10-7-5-4-6-8-10/h5-10,13,29H,1,11-12,14,28H2,2-4H3;4-8H2,1-3H3. The molecule has 2 aliphatic heterocycles. The summed E-state index contributed by atoms with van der Waals surface area (Å²) < 4.78 is 43.1. The Balaban J connectivity index is 0.000000359. The van der Waals surface area contributed by atoms with Crippen molar-refractivity contribution in [3.05, 3.63) is 60.6 Å². The van der Waals surface area contributed by atoms with Crippen molar-refractivity contribution in [2.45, 2.75) is 84.6 Å². The van der Waals surface area contributed by atoms with Crippen LogP contribution in [0, 0.1) is 0 Å². The van der Waals surface area contributed by atoms with Crippen LogP contribution in [0.3, 0.4) is 0 Å². The molecule has 0 saturated carbocycles. The van der Waals surface area contributed by atoms with Crippen molar-refractivity contribution in [2.75, 3.05) is 31.9 Å². The molecule has 4 heterocycles. The summed E-state index contributed by atoms with van der Waals surface area (Å²) in [6, 6.07) is 8.54. The van der Waals surface area contributed by atoms with Gasteiger partial charge in [0.2, 0.25) is 0 Å². The monoisotopic (exact) mass is 597 g/mol. The van der Waals surface area contributed by atoms with Crippen LogP contribution in [-0.2, 0) is 12.1 Å². The van der Waals surface area contributed by atoms with E-state index in [1.165, 1.54) is 36.9 Å². The number of amidine groups is 1. The fourth-order valence-corrected chi connectivity index (χ4v) is 5.33. The predicted octanol–water partition coefficient (Wildman–Crippen LogP) is 7.07. The van der Waals surface area contributed by atoms with Gasteiger partial charge in [-0.1, -0.05) is 19.1 Å². The molecule has 10 heteroatoms. The average Bonchev–Trinajstić information content (AvgIpc) is 3.67. The van der Waals surface area contributed by atoms with E-state index < -0.39 is 12.7 Å². The van der Waals surface area contributed by atoms with Crippen LogP contribution < -0.4 is 11.1 Å². The zero-order valence-electron chi connectivity index (χ0n) is 26.4. The molecule has 234 valence electrons. The molecule has 0 unspecified atom stereocenters. The number of halogens is 3. The average molecular weight is 598 g/mol. The molecule has 0 spiro atoms. The summed E-state index contributed by atoms with van der Waals surface area (Å²) in [5.41, 5.74) is 9.92. The second kappa shape index (κ2) is 12.6. The lowest BCUT2D eigenvalue weighted by Crippen LogP contribution is -2.44. The fourth-order valence-electron chi connectivity index (χ4n) is 5.33. The van der Waals surface area contributed by atoms with Gasteiger partial charge >= 0.3 is 6.18 Å². The summed E-state index contributed by atoms with van der Waals surface area (Å²) in [6.07, 6.45) is 3.87. The third-order valence-electron chi connectivity index (χ3n) is 7.85. The maximum Gasteiger partial charge on any atom is 0.406 e. The summed E-state index contributed by atoms with van der Waals surface area (Å²) in [6.45, 7) is 19.5. The van der Waals surface area contributed by atoms with Crippen LogP contribution in [0.2, 0.25) is 0 Å². The van der Waals surface area contributed by atoms with Crippen molar-refractivity contribution < 1.29 is 13.2 Å². The van der Waals surface area contributed by atoms with Gasteiger partial charge in [-0.05, 0) is 91.7 Å². The molecule has 3 aromatic rings. The summed E-state index contributed by atoms with van der Waals surface area (Å²) in [5.74, 6) is 0.274. The van der Waals surface area contributed by atoms with Gasteiger partial charge in [0, 0.05) is 45.8 Å². The number of anilines is 1. The lowest BCUT2D eigenvalue weighted by Gasteiger charge is -2.38. The number of nitrogens with one attached hydrogen (secondary N) is 1. The van der Waals surface area contributed by atoms with Gasteiger partial charge in [0.1, 0.15) is 6.54 Å². The van der Waals surface area contributed by atoms with E-state index in [0.29, 0.717) is 40.9 Å². The molecule has 7 nitrogen and oxygen atoms in total. The zero-order chi connectivity index (χ0) is 31.6. The van der Waals surface area contributed by atoms with Gasteiger partial charge in [-0.2, -0.15) is 13.2 Å². The van der Waals surface area contributed by atoms with E-state index in [2.05, 4.69) is 72.9 Å². The van der Waals surface area contributed by atoms with E-state index >= 15 is 0 Å². The highest BCUT2D eigenvalue weighted by Crippen LogP contribution is 2.30. The number of hydrogen-bond acceptors (Lipinski definition) is 5. The van der Waals surface area contributed by atoms with E-state index in [1.54, 1.807) is 24.3 Å². The van der Waals surface area contributed by atoms with Crippen molar-refractivity contribution in [1.82, 2.24) is 19.4 Å². The highest BCUT2D eigenvalue weighted by molar-refractivity contribution is 6.14. The Hall–Kier alpha value is -3.53. The van der Waals surface area contributed by atoms with Crippen LogP contribution in [0.15, 0.2) is 59.3 Å². The largest absolute Gasteiger partial charge is 0.406 e. The first-order valence-corrected chi connectivity index (χ1v) is 15.0. The van der Waals surface area contributed by atoms with Crippen molar-refractivity contribution in [3.63, 3.8) is 0 Å². The van der Waals surface area contributed by atoms with Crippen LogP contribution >= 0.6 is 0 Å². The first-order valence-electron chi connectivity index (χ1n) is 15.0. The van der Waals surface area contributed by atoms with Crippen molar-refractivity contribution in [1.29, 1.82) is 0 Å². The predicted molar refractivity (Wildman–Crippen MR) is 173 cm³/mol. The van der Waals surface area contributed by atoms with Crippen molar-refractivity contribution in [2.24, 2.45) is 9.98 Å². The maximum atomic E-state index is 13.3. The lowest BCUT2D eigenvalue weighted by atomic mass is 10.0. The van der Waals surface area contributed by atoms with Gasteiger partial charge in [0.05, 0.1) is 30.0 Å². The number of nitrogens with two attached hydrogens (primary N) is 1. The molecule has 0 aliphatic carbocycles. The Morgan fingerprint density at radius 1 is 1.00 bits per heavy atom. The summed E-state index contributed by atoms with van der Waals surface area (Å²) in [5, 5.41) is 3.80. The molecule has 0 amide bonds. The minimum atomic E-state index is -4.39. The molecular formula is C33H46F3N7. The Kier molecular flexibility index (Phi) is 9.49. The highest BCUT2D eigenvalue weighted by Gasteiger charge is 2.31. The number of likely N-dealkylation sites (tertiary alicyclic amines) is 1. The molecule has 2 aliphatic rings. The third kappa shape index (κ3) is 8.31. The molecule has 1 fully saturated rings. The van der Waals surface area contributed by atoms with Crippen molar-refractivity contribution >= 4 is 33.8 Å². The van der Waals surface area contributed by atoms with Gasteiger partial charge < -0.3 is 20.2 Å². The van der Waals surface area contributed by atoms with Gasteiger partial charge in [-0.3, -0.25) is 9.89 Å². The van der Waals surface area contributed by atoms with Gasteiger partial charge in [0.25, 0.3) is 0 Å². The number of aromatic nitrogens is 2. The van der Waals surface area contributed by atoms with Crippen molar-refractivity contribution in [3.8, 4) is 0 Å². The molecular weight excluding hydrogens is 551 g/mol. The first kappa shape index (κ1) is 32.4. The minimum absolute atomic E-state index is 0.0327. The lowest BCUT2D eigenvalue weighted by molar-refractivity contribution is -0.139. The van der Waals surface area contributed by atoms with Gasteiger partial charge in [0.15, 0.2) is 5.84 Å². The SMILES string of the molecule is C=C(NCC1=NC(c2cc3c(N)cccc3n2CC(F)(F)F)=NC1)c1ccn(C(C)(C)C)c1.CC(C)(C)N1CCCCC1. The zero-order valence-corrected chi connectivity index (χ0v) is 26.4. The molecule has 1 aromatic carbocycles. The maximum absolute atomic E-state index is 13.3. The number of benzene rings is 1. The summed E-state index contributed by atoms with van der Waals surface area (Å²) >= 11 is 0. The number of nitrogens with zero attached hydrogens (tertiary/aromatic N) is 5. The second-order valence-corrected chi connectivity index (χ2v) is 13.4. The Labute approximate surface area is 253 Å². The quantitative estimate of drug-likeness (QED) is 0.298. The number of nitrogen functional groups attached to an aromatic ring is 1. The molecule has 0 atom stereocenters. The Morgan fingerprint density at radius 3 is 2.28 bits per heavy atom. The highest BCUT2D eigenvalue weighted by atomic mass is 19.4. The molecule has 1 saturated heterocycles. The molecule has 0 bridgehead atoms. The first-order chi connectivity index (χ1) is 20.0. The van der Waals surface area contributed by atoms with E-state index in [-0.39, 0.29) is 11.4 Å². The van der Waals surface area contributed by atoms with E-state index in [9.17, 15) is 13.2 Å². The number of piperidine rings is 1. The van der Waals surface area contributed by atoms with Crippen LogP contribution in [0.25, 0.3) is 16.6 Å². The normalized spacial score (nSPS) is 16.5. The third-order valence-corrected chi connectivity index (χ3v) is 7.85. The molecule has 43 heavy (non-hydrogen) atoms. The van der Waals surface area contributed by atoms with Gasteiger partial charge in [-0.15, -0.1) is 0 Å². The van der Waals surface area contributed by atoms with E-state index in [1.807, 2.05) is 18.5 Å². The minimum Gasteiger partial charge on any atom is -0.398 e. The van der Waals surface area contributed by atoms with Crippen LogP contribution in [0.5, 0.6) is 0 Å². The smallest absolute Gasteiger partial charge is 0.398 e. The second-order valence-electron chi connectivity index (χ2n) is 13.4. The summed E-state index contributed by atoms with van der Waals surface area (Å²) in [4.78, 5) is 11.5. The molecule has 3 N–H and O–H groups in total. The Bertz CT molecular complexity index is 1490. The number of hydrogen-bond donors (Lipinski definition) is 2. The van der Waals surface area contributed by atoms with Crippen LogP contribution in [-0.4, -0.2) is 63.5 Å². The van der Waals surface area contributed by atoms with E-state index in [0.717, 1.165) is 17.0 Å². The topological polar surface area (TPSA) is 75.9 Å².